The Morgan fingerprint density at radius 1 is 0.607 bits per heavy atom. The molecule has 0 bridgehead atoms. The van der Waals surface area contributed by atoms with Crippen LogP contribution in [0.1, 0.15) is 36.8 Å². The van der Waals surface area contributed by atoms with Crippen LogP contribution in [0, 0.1) is 11.6 Å². The van der Waals surface area contributed by atoms with Crippen LogP contribution in [0.3, 0.4) is 0 Å². The number of alkyl halides is 6. The van der Waals surface area contributed by atoms with Gasteiger partial charge in [-0.2, -0.15) is 30.6 Å². The number of piperidine rings is 2. The van der Waals surface area contributed by atoms with Gasteiger partial charge in [-0.05, 0) is 112 Å². The number of urea groups is 2. The highest BCUT2D eigenvalue weighted by atomic mass is 35.7. The predicted octanol–water partition coefficient (Wildman–Crippen LogP) is 8.15. The molecule has 0 aromatic heterocycles. The van der Waals surface area contributed by atoms with Gasteiger partial charge in [-0.25, -0.2) is 35.2 Å². The van der Waals surface area contributed by atoms with E-state index in [4.69, 9.17) is 10.7 Å². The van der Waals surface area contributed by atoms with E-state index in [1.807, 2.05) is 0 Å². The fraction of sp³-hybridized carbons (Fsp3) is 0.316. The van der Waals surface area contributed by atoms with Gasteiger partial charge in [0.1, 0.15) is 11.6 Å². The van der Waals surface area contributed by atoms with Gasteiger partial charge in [-0.1, -0.05) is 24.3 Å². The molecule has 0 spiro atoms. The number of amides is 4. The topological polar surface area (TPSA) is 166 Å². The minimum absolute atomic E-state index is 0.0451. The van der Waals surface area contributed by atoms with E-state index in [0.29, 0.717) is 17.8 Å². The maximum absolute atomic E-state index is 13.2. The number of rotatable bonds is 7. The summed E-state index contributed by atoms with van der Waals surface area (Å²) in [6.07, 6.45) is -6.79. The molecule has 0 saturated carbocycles. The van der Waals surface area contributed by atoms with Gasteiger partial charge < -0.3 is 26.6 Å². The molecule has 0 atom stereocenters. The standard InChI is InChI=1S/C19H19F4N3O3S.C12H16FN3O.C7H4ClF3O2S/c20-14-4-2-5-16(12-14)25-18(27)24-15-7-9-26(10-8-15)30(28,29)17-6-1-3-13(11-17)19(21,22)23;13-9-2-1-3-11(8-9)16-12(17)15-10-4-6-14-7-5-10;8-14(12,13)6-3-1-2-5(4-6)7(9,10)11/h1-6,11-12,15H,7-10H2,(H2,24,25,27);1-3,8,10,14H,4-7H2,(H2,15,16,17);1-4H. The molecule has 2 aliphatic rings. The Hall–Kier alpha value is -5.03. The Labute approximate surface area is 350 Å². The molecule has 4 aromatic rings. The first-order valence-corrected chi connectivity index (χ1v) is 21.9. The average molecular weight is 927 g/mol. The van der Waals surface area contributed by atoms with Crippen molar-refractivity contribution >= 4 is 53.2 Å². The lowest BCUT2D eigenvalue weighted by molar-refractivity contribution is -0.138. The zero-order valence-corrected chi connectivity index (χ0v) is 34.1. The minimum atomic E-state index is -4.64. The van der Waals surface area contributed by atoms with Crippen molar-refractivity contribution in [2.24, 2.45) is 0 Å². The summed E-state index contributed by atoms with van der Waals surface area (Å²) in [5.74, 6) is -0.856. The summed E-state index contributed by atoms with van der Waals surface area (Å²) in [5.41, 5.74) is -1.33. The van der Waals surface area contributed by atoms with Crippen molar-refractivity contribution in [3.05, 3.63) is 120 Å². The number of carbonyl (C=O) groups is 2. The van der Waals surface area contributed by atoms with E-state index in [0.717, 1.165) is 72.7 Å². The van der Waals surface area contributed by atoms with Crippen molar-refractivity contribution < 1.29 is 61.5 Å². The van der Waals surface area contributed by atoms with Gasteiger partial charge in [0.25, 0.3) is 9.05 Å². The minimum Gasteiger partial charge on any atom is -0.335 e. The largest absolute Gasteiger partial charge is 0.416 e. The van der Waals surface area contributed by atoms with Crippen LogP contribution >= 0.6 is 10.7 Å². The highest BCUT2D eigenvalue weighted by Gasteiger charge is 2.35. The van der Waals surface area contributed by atoms with Crippen molar-refractivity contribution in [2.45, 2.75) is 59.9 Å². The van der Waals surface area contributed by atoms with E-state index in [2.05, 4.69) is 26.6 Å². The van der Waals surface area contributed by atoms with E-state index in [1.165, 1.54) is 30.3 Å². The number of nitrogens with zero attached hydrogens (tertiary/aromatic N) is 1. The average Bonchev–Trinajstić information content (AvgIpc) is 3.18. The highest BCUT2D eigenvalue weighted by molar-refractivity contribution is 8.13. The molecule has 4 aromatic carbocycles. The zero-order chi connectivity index (χ0) is 45.0. The van der Waals surface area contributed by atoms with Crippen molar-refractivity contribution in [3.8, 4) is 0 Å². The Bertz CT molecular complexity index is 2340. The van der Waals surface area contributed by atoms with Crippen LogP contribution in [0.5, 0.6) is 0 Å². The normalized spacial score (nSPS) is 15.6. The smallest absolute Gasteiger partial charge is 0.335 e. The van der Waals surface area contributed by atoms with Crippen LogP contribution in [0.15, 0.2) is 107 Å². The van der Waals surface area contributed by atoms with Crippen LogP contribution in [0.2, 0.25) is 0 Å². The molecule has 0 aliphatic carbocycles. The van der Waals surface area contributed by atoms with E-state index < -0.39 is 64.2 Å². The molecule has 4 amide bonds. The van der Waals surface area contributed by atoms with Crippen molar-refractivity contribution in [1.82, 2.24) is 20.3 Å². The number of hydrogen-bond donors (Lipinski definition) is 5. The molecular weight excluding hydrogens is 888 g/mol. The van der Waals surface area contributed by atoms with Crippen LogP contribution in [0.25, 0.3) is 0 Å². The summed E-state index contributed by atoms with van der Waals surface area (Å²) in [6, 6.07) is 17.1. The summed E-state index contributed by atoms with van der Waals surface area (Å²) in [4.78, 5) is 22.7. The number of hydrogen-bond acceptors (Lipinski definition) is 7. The second-order valence-electron chi connectivity index (χ2n) is 13.4. The Kier molecular flexibility index (Phi) is 16.9. The van der Waals surface area contributed by atoms with Crippen LogP contribution in [-0.4, -0.2) is 71.5 Å². The number of carbonyl (C=O) groups excluding carboxylic acids is 2. The van der Waals surface area contributed by atoms with Crippen molar-refractivity contribution in [3.63, 3.8) is 0 Å². The Morgan fingerprint density at radius 3 is 1.44 bits per heavy atom. The van der Waals surface area contributed by atoms with E-state index in [1.54, 1.807) is 12.1 Å². The molecule has 2 aliphatic heterocycles. The quantitative estimate of drug-likeness (QED) is 0.0922. The van der Waals surface area contributed by atoms with Crippen molar-refractivity contribution in [2.75, 3.05) is 36.8 Å². The second-order valence-corrected chi connectivity index (χ2v) is 17.9. The third-order valence-electron chi connectivity index (χ3n) is 8.87. The zero-order valence-electron chi connectivity index (χ0n) is 31.7. The molecule has 0 unspecified atom stereocenters. The van der Waals surface area contributed by atoms with E-state index in [9.17, 15) is 61.5 Å². The monoisotopic (exact) mass is 926 g/mol. The van der Waals surface area contributed by atoms with Crippen molar-refractivity contribution in [1.29, 1.82) is 0 Å². The maximum atomic E-state index is 13.2. The van der Waals surface area contributed by atoms with E-state index in [-0.39, 0.29) is 55.6 Å². The predicted molar refractivity (Wildman–Crippen MR) is 211 cm³/mol. The van der Waals surface area contributed by atoms with Crippen LogP contribution in [-0.2, 0) is 31.4 Å². The molecule has 2 saturated heterocycles. The van der Waals surface area contributed by atoms with Gasteiger partial charge in [0, 0.05) is 47.2 Å². The third kappa shape index (κ3) is 15.7. The fourth-order valence-electron chi connectivity index (χ4n) is 5.85. The first kappa shape index (κ1) is 48.6. The van der Waals surface area contributed by atoms with E-state index >= 15 is 0 Å². The number of anilines is 2. The number of sulfonamides is 1. The molecule has 2 heterocycles. The summed E-state index contributed by atoms with van der Waals surface area (Å²) in [6.45, 7) is 1.93. The third-order valence-corrected chi connectivity index (χ3v) is 12.1. The molecule has 12 nitrogen and oxygen atoms in total. The Morgan fingerprint density at radius 2 is 1.02 bits per heavy atom. The first-order valence-electron chi connectivity index (χ1n) is 18.2. The first-order chi connectivity index (χ1) is 28.5. The molecule has 2 fully saturated rings. The molecule has 61 heavy (non-hydrogen) atoms. The molecule has 0 radical (unpaired) electrons. The second kappa shape index (κ2) is 21.2. The SMILES string of the molecule is O=C(Nc1cccc(F)c1)NC1CCN(S(=O)(=O)c2cccc(C(F)(F)F)c2)CC1.O=C(Nc1cccc(F)c1)NC1CCNCC1.O=S(=O)(Cl)c1cccc(C(F)(F)F)c1. The summed E-state index contributed by atoms with van der Waals surface area (Å²) < 4.78 is 149. The van der Waals surface area contributed by atoms with Gasteiger partial charge in [-0.15, -0.1) is 0 Å². The molecular formula is C38H39ClF8N6O6S2. The van der Waals surface area contributed by atoms with Gasteiger partial charge >= 0.3 is 24.4 Å². The van der Waals surface area contributed by atoms with Gasteiger partial charge in [0.15, 0.2) is 0 Å². The maximum Gasteiger partial charge on any atom is 0.416 e. The molecule has 23 heteroatoms. The number of nitrogens with one attached hydrogen (secondary N) is 5. The van der Waals surface area contributed by atoms with Gasteiger partial charge in [0.05, 0.1) is 20.9 Å². The number of benzene rings is 4. The fourth-order valence-corrected chi connectivity index (χ4v) is 8.16. The van der Waals surface area contributed by atoms with Gasteiger partial charge in [-0.3, -0.25) is 0 Å². The lowest BCUT2D eigenvalue weighted by Gasteiger charge is -2.31. The lowest BCUT2D eigenvalue weighted by Crippen LogP contribution is -2.47. The number of halogens is 9. The van der Waals surface area contributed by atoms with Crippen LogP contribution in [0.4, 0.5) is 56.1 Å². The van der Waals surface area contributed by atoms with Crippen LogP contribution < -0.4 is 26.6 Å². The summed E-state index contributed by atoms with van der Waals surface area (Å²) in [5, 5.41) is 13.9. The van der Waals surface area contributed by atoms with Gasteiger partial charge in [0.2, 0.25) is 10.0 Å². The summed E-state index contributed by atoms with van der Waals surface area (Å²) >= 11 is 0. The highest BCUT2D eigenvalue weighted by Crippen LogP contribution is 2.32. The lowest BCUT2D eigenvalue weighted by atomic mass is 10.1. The molecule has 6 rings (SSSR count). The molecule has 5 N–H and O–H groups in total. The Balaban J connectivity index is 0.000000223. The molecule has 332 valence electrons. The summed E-state index contributed by atoms with van der Waals surface area (Å²) in [7, 11) is -3.31.